The molecule has 2 aromatic carbocycles. The van der Waals surface area contributed by atoms with Gasteiger partial charge < -0.3 is 15.4 Å². The SMILES string of the molecule is C=CCOC(=O)C1C(C(=O)NCCc2cccc(C(C)(C)C)c2)C2N(CCC2(F)F)C12C(=O)Nc1c(Cl)cc(Cl)cc12. The zero-order valence-corrected chi connectivity index (χ0v) is 25.1. The van der Waals surface area contributed by atoms with E-state index in [9.17, 15) is 14.4 Å². The largest absolute Gasteiger partial charge is 0.461 e. The Balaban J connectivity index is 1.54. The average molecular weight is 621 g/mol. The van der Waals surface area contributed by atoms with Gasteiger partial charge in [-0.05, 0) is 35.1 Å². The van der Waals surface area contributed by atoms with Gasteiger partial charge in [-0.15, -0.1) is 0 Å². The first kappa shape index (κ1) is 30.4. The minimum Gasteiger partial charge on any atom is -0.461 e. The van der Waals surface area contributed by atoms with Gasteiger partial charge in [-0.2, -0.15) is 0 Å². The van der Waals surface area contributed by atoms with Crippen LogP contribution in [0.15, 0.2) is 49.1 Å². The Morgan fingerprint density at radius 3 is 2.67 bits per heavy atom. The van der Waals surface area contributed by atoms with E-state index in [0.29, 0.717) is 6.42 Å². The Hall–Kier alpha value is -3.01. The Labute approximate surface area is 253 Å². The summed E-state index contributed by atoms with van der Waals surface area (Å²) in [6.45, 7) is 9.52. The van der Waals surface area contributed by atoms with Gasteiger partial charge in [0.25, 0.3) is 11.8 Å². The van der Waals surface area contributed by atoms with Gasteiger partial charge in [0.05, 0.1) is 22.7 Å². The maximum Gasteiger partial charge on any atom is 0.312 e. The molecule has 42 heavy (non-hydrogen) atoms. The minimum atomic E-state index is -3.37. The van der Waals surface area contributed by atoms with Crippen molar-refractivity contribution in [3.05, 3.63) is 75.8 Å². The van der Waals surface area contributed by atoms with E-state index in [1.807, 2.05) is 24.3 Å². The molecule has 0 bridgehead atoms. The lowest BCUT2D eigenvalue weighted by molar-refractivity contribution is -0.157. The summed E-state index contributed by atoms with van der Waals surface area (Å²) in [5, 5.41) is 5.70. The van der Waals surface area contributed by atoms with Crippen molar-refractivity contribution in [1.29, 1.82) is 0 Å². The molecule has 2 aromatic rings. The molecule has 3 heterocycles. The van der Waals surface area contributed by atoms with Crippen molar-refractivity contribution >= 4 is 46.7 Å². The van der Waals surface area contributed by atoms with Crippen LogP contribution in [0.25, 0.3) is 0 Å². The van der Waals surface area contributed by atoms with Crippen LogP contribution in [0, 0.1) is 11.8 Å². The first-order valence-corrected chi connectivity index (χ1v) is 14.6. The maximum atomic E-state index is 15.7. The predicted octanol–water partition coefficient (Wildman–Crippen LogP) is 5.48. The van der Waals surface area contributed by atoms with Crippen LogP contribution in [0.3, 0.4) is 0 Å². The molecule has 0 aliphatic carbocycles. The molecule has 2 amide bonds. The van der Waals surface area contributed by atoms with Crippen molar-refractivity contribution in [1.82, 2.24) is 10.2 Å². The van der Waals surface area contributed by atoms with Crippen molar-refractivity contribution in [3.63, 3.8) is 0 Å². The number of benzene rings is 2. The van der Waals surface area contributed by atoms with Gasteiger partial charge in [0.1, 0.15) is 18.1 Å². The Bertz CT molecular complexity index is 1460. The van der Waals surface area contributed by atoms with E-state index in [-0.39, 0.29) is 46.4 Å². The van der Waals surface area contributed by atoms with Crippen molar-refractivity contribution in [2.75, 3.05) is 25.0 Å². The van der Waals surface area contributed by atoms with Crippen LogP contribution in [-0.4, -0.2) is 54.3 Å². The van der Waals surface area contributed by atoms with E-state index >= 15 is 8.78 Å². The number of halogens is 4. The summed E-state index contributed by atoms with van der Waals surface area (Å²) in [6, 6.07) is 9.05. The highest BCUT2D eigenvalue weighted by atomic mass is 35.5. The molecule has 7 nitrogen and oxygen atoms in total. The maximum absolute atomic E-state index is 15.7. The summed E-state index contributed by atoms with van der Waals surface area (Å²) in [6.07, 6.45) is 1.18. The summed E-state index contributed by atoms with van der Waals surface area (Å²) < 4.78 is 36.7. The van der Waals surface area contributed by atoms with E-state index in [4.69, 9.17) is 27.9 Å². The molecule has 2 saturated heterocycles. The molecule has 1 spiro atoms. The number of hydrogen-bond acceptors (Lipinski definition) is 5. The fourth-order valence-corrected chi connectivity index (χ4v) is 7.21. The normalized spacial score (nSPS) is 26.1. The third-order valence-electron chi connectivity index (χ3n) is 8.51. The van der Waals surface area contributed by atoms with E-state index in [1.165, 1.54) is 23.1 Å². The van der Waals surface area contributed by atoms with Crippen LogP contribution in [0.2, 0.25) is 10.0 Å². The number of alkyl halides is 2. The summed E-state index contributed by atoms with van der Waals surface area (Å²) >= 11 is 12.7. The lowest BCUT2D eigenvalue weighted by Crippen LogP contribution is -2.53. The van der Waals surface area contributed by atoms with Gasteiger partial charge in [0.2, 0.25) is 5.91 Å². The summed E-state index contributed by atoms with van der Waals surface area (Å²) in [5.74, 6) is -9.03. The minimum absolute atomic E-state index is 0.0715. The highest BCUT2D eigenvalue weighted by molar-refractivity contribution is 6.38. The monoisotopic (exact) mass is 619 g/mol. The number of rotatable bonds is 7. The number of anilines is 1. The standard InChI is InChI=1S/C31H33Cl2F2N3O4/c1-5-13-42-27(40)23-22(26(39)36-11-9-17-7-6-8-18(14-17)29(2,3)4)25-30(34,35)10-12-38(25)31(23)20-15-19(32)16-21(33)24(20)37-28(31)41/h5-8,14-16,22-23,25H,1,9-13H2,2-4H3,(H,36,39)(H,37,41). The highest BCUT2D eigenvalue weighted by Gasteiger charge is 2.76. The zero-order valence-electron chi connectivity index (χ0n) is 23.6. The third kappa shape index (κ3) is 4.89. The molecule has 2 fully saturated rings. The van der Waals surface area contributed by atoms with Gasteiger partial charge in [-0.3, -0.25) is 19.3 Å². The molecule has 0 aromatic heterocycles. The lowest BCUT2D eigenvalue weighted by Gasteiger charge is -2.36. The van der Waals surface area contributed by atoms with Crippen LogP contribution in [0.1, 0.15) is 43.9 Å². The highest BCUT2D eigenvalue weighted by Crippen LogP contribution is 2.62. The number of hydrogen-bond donors (Lipinski definition) is 2. The van der Waals surface area contributed by atoms with Crippen LogP contribution in [0.5, 0.6) is 0 Å². The number of carbonyl (C=O) groups is 3. The molecule has 3 aliphatic heterocycles. The topological polar surface area (TPSA) is 87.7 Å². The van der Waals surface area contributed by atoms with Gasteiger partial charge in [0.15, 0.2) is 0 Å². The molecule has 11 heteroatoms. The molecule has 0 saturated carbocycles. The number of carbonyl (C=O) groups excluding carboxylic acids is 3. The third-order valence-corrected chi connectivity index (χ3v) is 9.03. The van der Waals surface area contributed by atoms with Gasteiger partial charge in [-0.1, -0.05) is 80.9 Å². The fraction of sp³-hybridized carbons (Fsp3) is 0.452. The van der Waals surface area contributed by atoms with Crippen molar-refractivity contribution in [2.24, 2.45) is 11.8 Å². The molecule has 224 valence electrons. The number of fused-ring (bicyclic) bond motifs is 4. The lowest BCUT2D eigenvalue weighted by atomic mass is 9.73. The van der Waals surface area contributed by atoms with Crippen molar-refractivity contribution in [3.8, 4) is 0 Å². The first-order valence-electron chi connectivity index (χ1n) is 13.8. The number of nitrogens with zero attached hydrogens (tertiary/aromatic N) is 1. The second kappa shape index (κ2) is 10.9. The van der Waals surface area contributed by atoms with Gasteiger partial charge >= 0.3 is 5.97 Å². The summed E-state index contributed by atoms with van der Waals surface area (Å²) in [4.78, 5) is 42.8. The van der Waals surface area contributed by atoms with Crippen LogP contribution < -0.4 is 10.6 Å². The van der Waals surface area contributed by atoms with Crippen LogP contribution in [-0.2, 0) is 36.5 Å². The molecule has 2 N–H and O–H groups in total. The Kier molecular flexibility index (Phi) is 7.92. The second-order valence-electron chi connectivity index (χ2n) is 12.1. The fourth-order valence-electron chi connectivity index (χ4n) is 6.67. The summed E-state index contributed by atoms with van der Waals surface area (Å²) in [5.41, 5.74) is 0.379. The number of ether oxygens (including phenoxy) is 1. The first-order chi connectivity index (χ1) is 19.7. The van der Waals surface area contributed by atoms with E-state index in [0.717, 1.165) is 11.1 Å². The van der Waals surface area contributed by atoms with Crippen LogP contribution in [0.4, 0.5) is 14.5 Å². The molecular weight excluding hydrogens is 587 g/mol. The van der Waals surface area contributed by atoms with E-state index in [2.05, 4.69) is 38.0 Å². The van der Waals surface area contributed by atoms with Crippen LogP contribution >= 0.6 is 23.2 Å². The van der Waals surface area contributed by atoms with E-state index < -0.39 is 53.5 Å². The average Bonchev–Trinajstić information content (AvgIpc) is 3.51. The van der Waals surface area contributed by atoms with Crippen molar-refractivity contribution < 1.29 is 27.9 Å². The molecule has 5 rings (SSSR count). The predicted molar refractivity (Wildman–Crippen MR) is 157 cm³/mol. The van der Waals surface area contributed by atoms with Gasteiger partial charge in [-0.25, -0.2) is 8.78 Å². The molecule has 4 unspecified atom stereocenters. The van der Waals surface area contributed by atoms with E-state index in [1.54, 1.807) is 0 Å². The Morgan fingerprint density at radius 2 is 1.98 bits per heavy atom. The number of esters is 1. The smallest absolute Gasteiger partial charge is 0.312 e. The van der Waals surface area contributed by atoms with Gasteiger partial charge in [0, 0.05) is 30.1 Å². The second-order valence-corrected chi connectivity index (χ2v) is 12.9. The molecule has 3 aliphatic rings. The number of amides is 2. The number of nitrogens with one attached hydrogen (secondary N) is 2. The Morgan fingerprint density at radius 1 is 1.24 bits per heavy atom. The molecule has 0 radical (unpaired) electrons. The quantitative estimate of drug-likeness (QED) is 0.316. The van der Waals surface area contributed by atoms with Crippen molar-refractivity contribution in [2.45, 2.75) is 56.5 Å². The molecule has 4 atom stereocenters. The zero-order chi connectivity index (χ0) is 30.6. The summed E-state index contributed by atoms with van der Waals surface area (Å²) in [7, 11) is 0. The molecular formula is C31H33Cl2F2N3O4.